The van der Waals surface area contributed by atoms with Gasteiger partial charge in [-0.3, -0.25) is 0 Å². The molecule has 3 atom stereocenters. The molecule has 2 aromatic carbocycles. The number of aliphatic hydroxyl groups excluding tert-OH is 1. The van der Waals surface area contributed by atoms with Crippen molar-refractivity contribution in [3.63, 3.8) is 0 Å². The van der Waals surface area contributed by atoms with Crippen LogP contribution in [0.3, 0.4) is 0 Å². The van der Waals surface area contributed by atoms with Gasteiger partial charge in [0.1, 0.15) is 5.82 Å². The molecule has 3 aromatic rings. The van der Waals surface area contributed by atoms with Crippen molar-refractivity contribution >= 4 is 15.9 Å². The molecule has 162 valence electrons. The van der Waals surface area contributed by atoms with E-state index in [4.69, 9.17) is 11.7 Å². The maximum absolute atomic E-state index is 13.6. The number of benzene rings is 2. The summed E-state index contributed by atoms with van der Waals surface area (Å²) in [5.41, 5.74) is 5.02. The van der Waals surface area contributed by atoms with Crippen LogP contribution in [0.25, 0.3) is 21.8 Å². The van der Waals surface area contributed by atoms with Crippen LogP contribution in [0.15, 0.2) is 64.5 Å². The smallest absolute Gasteiger partial charge is 0.203 e. The average Bonchev–Trinajstić information content (AvgIpc) is 3.18. The molecule has 0 fully saturated rings. The lowest BCUT2D eigenvalue weighted by Gasteiger charge is -2.48. The van der Waals surface area contributed by atoms with E-state index in [-0.39, 0.29) is 28.8 Å². The first-order chi connectivity index (χ1) is 15.3. The Labute approximate surface area is 195 Å². The minimum absolute atomic E-state index is 0.0893. The number of fused-ring (bicyclic) bond motifs is 3. The maximum atomic E-state index is 13.6. The summed E-state index contributed by atoms with van der Waals surface area (Å²) in [6, 6.07) is 14.5. The molecule has 4 nitrogen and oxygen atoms in total. The summed E-state index contributed by atoms with van der Waals surface area (Å²) in [4.78, 5) is 3.68. The summed E-state index contributed by atoms with van der Waals surface area (Å²) in [6.45, 7) is 11.9. The van der Waals surface area contributed by atoms with E-state index >= 15 is 0 Å². The third kappa shape index (κ3) is 3.10. The van der Waals surface area contributed by atoms with Gasteiger partial charge in [0.05, 0.1) is 29.4 Å². The standard InChI is InChI=1S/C26H23BrFN3O/c1-15-21-13-12-20-23(16-4-8-18(28)9-5-16)30-31(19-10-6-17(27)7-11-19)25(20)26(21,2)14-22(29-3)24(15)32/h4-11,15,21,32H,12-14H2,1-2H3/t15-,21-,26-/m1/s1. The summed E-state index contributed by atoms with van der Waals surface area (Å²) in [6.07, 6.45) is 2.21. The molecule has 0 saturated carbocycles. The molecule has 0 bridgehead atoms. The van der Waals surface area contributed by atoms with E-state index in [0.29, 0.717) is 12.1 Å². The van der Waals surface area contributed by atoms with Crippen LogP contribution in [0.2, 0.25) is 0 Å². The van der Waals surface area contributed by atoms with Gasteiger partial charge in [0.25, 0.3) is 0 Å². The first-order valence-corrected chi connectivity index (χ1v) is 11.6. The first-order valence-electron chi connectivity index (χ1n) is 10.8. The van der Waals surface area contributed by atoms with E-state index in [2.05, 4.69) is 27.7 Å². The molecule has 5 rings (SSSR count). The molecule has 1 heterocycles. The predicted molar refractivity (Wildman–Crippen MR) is 126 cm³/mol. The minimum Gasteiger partial charge on any atom is -0.523 e. The van der Waals surface area contributed by atoms with Crippen LogP contribution >= 0.6 is 15.9 Å². The molecule has 0 aliphatic heterocycles. The second-order valence-corrected chi connectivity index (χ2v) is 9.96. The molecular weight excluding hydrogens is 469 g/mol. The van der Waals surface area contributed by atoms with Crippen molar-refractivity contribution in [3.8, 4) is 16.9 Å². The van der Waals surface area contributed by atoms with Gasteiger partial charge in [0.15, 0.2) is 0 Å². The zero-order chi connectivity index (χ0) is 22.6. The fourth-order valence-electron chi connectivity index (χ4n) is 5.68. The van der Waals surface area contributed by atoms with Gasteiger partial charge in [-0.1, -0.05) is 29.8 Å². The van der Waals surface area contributed by atoms with E-state index in [1.54, 1.807) is 12.1 Å². The highest BCUT2D eigenvalue weighted by Gasteiger charge is 2.51. The first kappa shape index (κ1) is 21.0. The number of halogens is 2. The highest BCUT2D eigenvalue weighted by molar-refractivity contribution is 9.10. The summed E-state index contributed by atoms with van der Waals surface area (Å²) >= 11 is 3.51. The minimum atomic E-state index is -0.350. The van der Waals surface area contributed by atoms with E-state index in [9.17, 15) is 9.50 Å². The van der Waals surface area contributed by atoms with Crippen molar-refractivity contribution in [2.75, 3.05) is 0 Å². The van der Waals surface area contributed by atoms with Crippen molar-refractivity contribution in [2.45, 2.75) is 38.5 Å². The summed E-state index contributed by atoms with van der Waals surface area (Å²) in [5.74, 6) is 0.0748. The Balaban J connectivity index is 1.78. The zero-order valence-corrected chi connectivity index (χ0v) is 19.5. The fourth-order valence-corrected chi connectivity index (χ4v) is 5.95. The van der Waals surface area contributed by atoms with E-state index < -0.39 is 0 Å². The second kappa shape index (κ2) is 7.60. The van der Waals surface area contributed by atoms with Crippen molar-refractivity contribution in [1.82, 2.24) is 9.78 Å². The predicted octanol–water partition coefficient (Wildman–Crippen LogP) is 6.99. The largest absolute Gasteiger partial charge is 0.523 e. The Hall–Kier alpha value is -2.91. The topological polar surface area (TPSA) is 42.4 Å². The number of aliphatic hydroxyl groups is 1. The number of hydrogen-bond donors (Lipinski definition) is 1. The number of hydrogen-bond acceptors (Lipinski definition) is 2. The average molecular weight is 492 g/mol. The van der Waals surface area contributed by atoms with E-state index in [1.807, 2.05) is 35.9 Å². The molecule has 2 aliphatic carbocycles. The molecule has 0 radical (unpaired) electrons. The maximum Gasteiger partial charge on any atom is 0.203 e. The zero-order valence-electron chi connectivity index (χ0n) is 17.9. The molecular formula is C26H23BrFN3O. The Kier molecular flexibility index (Phi) is 4.98. The Morgan fingerprint density at radius 2 is 1.88 bits per heavy atom. The molecule has 0 spiro atoms. The van der Waals surface area contributed by atoms with Crippen molar-refractivity contribution in [3.05, 3.63) is 93.0 Å². The van der Waals surface area contributed by atoms with Crippen molar-refractivity contribution in [1.29, 1.82) is 0 Å². The molecule has 0 saturated heterocycles. The summed E-state index contributed by atoms with van der Waals surface area (Å²) in [7, 11) is 0. The molecule has 0 amide bonds. The van der Waals surface area contributed by atoms with Gasteiger partial charge in [-0.15, -0.1) is 0 Å². The summed E-state index contributed by atoms with van der Waals surface area (Å²) < 4.78 is 16.6. The van der Waals surface area contributed by atoms with Crippen LogP contribution in [0.5, 0.6) is 0 Å². The van der Waals surface area contributed by atoms with Gasteiger partial charge >= 0.3 is 0 Å². The van der Waals surface area contributed by atoms with Gasteiger partial charge in [-0.2, -0.15) is 5.10 Å². The van der Waals surface area contributed by atoms with Gasteiger partial charge in [0, 0.05) is 26.9 Å². The normalized spacial score (nSPS) is 24.6. The molecule has 0 unspecified atom stereocenters. The lowest BCUT2D eigenvalue weighted by molar-refractivity contribution is 0.133. The number of rotatable bonds is 2. The molecule has 1 aromatic heterocycles. The fraction of sp³-hybridized carbons (Fsp3) is 0.308. The highest BCUT2D eigenvalue weighted by Crippen LogP contribution is 2.55. The molecule has 32 heavy (non-hydrogen) atoms. The van der Waals surface area contributed by atoms with Crippen molar-refractivity contribution in [2.24, 2.45) is 11.8 Å². The second-order valence-electron chi connectivity index (χ2n) is 9.04. The Morgan fingerprint density at radius 3 is 2.53 bits per heavy atom. The lowest BCUT2D eigenvalue weighted by Crippen LogP contribution is -2.45. The Morgan fingerprint density at radius 1 is 1.19 bits per heavy atom. The number of allylic oxidation sites excluding steroid dienone is 2. The third-order valence-electron chi connectivity index (χ3n) is 7.24. The quantitative estimate of drug-likeness (QED) is 0.392. The van der Waals surface area contributed by atoms with Crippen LogP contribution in [0.1, 0.15) is 37.9 Å². The van der Waals surface area contributed by atoms with Gasteiger partial charge in [-0.05, 0) is 73.7 Å². The monoisotopic (exact) mass is 491 g/mol. The molecule has 2 aliphatic rings. The molecule has 1 N–H and O–H groups in total. The number of aromatic nitrogens is 2. The SMILES string of the molecule is [C-]#[N+]C1=C(O)[C@H](C)[C@H]2CCc3c(-c4ccc(F)cc4)nn(-c4ccc(Br)cc4)c3[C@]2(C)C1. The third-order valence-corrected chi connectivity index (χ3v) is 7.77. The van der Waals surface area contributed by atoms with Crippen LogP contribution in [-0.4, -0.2) is 14.9 Å². The van der Waals surface area contributed by atoms with E-state index in [1.165, 1.54) is 12.1 Å². The highest BCUT2D eigenvalue weighted by atomic mass is 79.9. The van der Waals surface area contributed by atoms with Gasteiger partial charge in [-0.25, -0.2) is 13.9 Å². The van der Waals surface area contributed by atoms with Crippen LogP contribution in [-0.2, 0) is 11.8 Å². The lowest BCUT2D eigenvalue weighted by atomic mass is 9.57. The van der Waals surface area contributed by atoms with Crippen molar-refractivity contribution < 1.29 is 9.50 Å². The molecule has 6 heteroatoms. The van der Waals surface area contributed by atoms with Crippen LogP contribution in [0.4, 0.5) is 4.39 Å². The number of nitrogens with zero attached hydrogens (tertiary/aromatic N) is 3. The van der Waals surface area contributed by atoms with Crippen LogP contribution < -0.4 is 0 Å². The van der Waals surface area contributed by atoms with Crippen LogP contribution in [0, 0.1) is 24.2 Å². The van der Waals surface area contributed by atoms with Gasteiger partial charge < -0.3 is 5.11 Å². The van der Waals surface area contributed by atoms with E-state index in [0.717, 1.165) is 45.5 Å². The summed E-state index contributed by atoms with van der Waals surface area (Å²) in [5, 5.41) is 15.7. The van der Waals surface area contributed by atoms with Gasteiger partial charge in [0.2, 0.25) is 5.70 Å². The Bertz CT molecular complexity index is 1270.